The summed E-state index contributed by atoms with van der Waals surface area (Å²) in [6.45, 7) is 3.50. The molecule has 24 heavy (non-hydrogen) atoms. The first kappa shape index (κ1) is 17.8. The first-order valence-corrected chi connectivity index (χ1v) is 9.45. The van der Waals surface area contributed by atoms with Gasteiger partial charge in [-0.05, 0) is 38.2 Å². The lowest BCUT2D eigenvalue weighted by molar-refractivity contribution is -0.132. The molecule has 1 aliphatic carbocycles. The van der Waals surface area contributed by atoms with Crippen molar-refractivity contribution in [1.82, 2.24) is 10.6 Å². The summed E-state index contributed by atoms with van der Waals surface area (Å²) in [4.78, 5) is 13.0. The fourth-order valence-electron chi connectivity index (χ4n) is 3.93. The molecule has 0 aromatic heterocycles. The molecule has 1 heterocycles. The van der Waals surface area contributed by atoms with Gasteiger partial charge in [0.1, 0.15) is 0 Å². The highest BCUT2D eigenvalue weighted by atomic mass is 32.1. The van der Waals surface area contributed by atoms with Crippen LogP contribution in [-0.2, 0) is 4.79 Å². The predicted octanol–water partition coefficient (Wildman–Crippen LogP) is 2.10. The van der Waals surface area contributed by atoms with Gasteiger partial charge < -0.3 is 15.7 Å². The highest BCUT2D eigenvalue weighted by molar-refractivity contribution is 7.81. The van der Waals surface area contributed by atoms with Crippen molar-refractivity contribution in [3.05, 3.63) is 35.9 Å². The molecule has 2 aliphatic rings. The van der Waals surface area contributed by atoms with Crippen molar-refractivity contribution in [3.63, 3.8) is 0 Å². The highest BCUT2D eigenvalue weighted by Crippen LogP contribution is 2.39. The van der Waals surface area contributed by atoms with Crippen LogP contribution in [0, 0.1) is 5.41 Å². The minimum absolute atomic E-state index is 0.0321. The zero-order chi connectivity index (χ0) is 17.2. The normalized spacial score (nSPS) is 37.0. The van der Waals surface area contributed by atoms with Crippen molar-refractivity contribution in [2.75, 3.05) is 13.1 Å². The van der Waals surface area contributed by atoms with E-state index in [2.05, 4.69) is 22.8 Å². The average Bonchev–Trinajstić information content (AvgIpc) is 2.60. The van der Waals surface area contributed by atoms with Crippen LogP contribution in [0.1, 0.15) is 44.1 Å². The second kappa shape index (κ2) is 7.46. The molecule has 0 bridgehead atoms. The summed E-state index contributed by atoms with van der Waals surface area (Å²) in [5.74, 6) is 0.296. The number of carbonyl (C=O) groups is 1. The van der Waals surface area contributed by atoms with E-state index in [-0.39, 0.29) is 29.2 Å². The number of thiol groups is 1. The molecule has 0 radical (unpaired) electrons. The number of benzene rings is 1. The van der Waals surface area contributed by atoms with E-state index >= 15 is 0 Å². The second-order valence-electron chi connectivity index (χ2n) is 7.49. The summed E-state index contributed by atoms with van der Waals surface area (Å²) >= 11 is 4.88. The molecule has 3 atom stereocenters. The fourth-order valence-corrected chi connectivity index (χ4v) is 4.42. The van der Waals surface area contributed by atoms with Crippen LogP contribution in [0.3, 0.4) is 0 Å². The van der Waals surface area contributed by atoms with Crippen molar-refractivity contribution in [3.8, 4) is 0 Å². The van der Waals surface area contributed by atoms with E-state index < -0.39 is 5.41 Å². The smallest absolute Gasteiger partial charge is 0.228 e. The second-order valence-corrected chi connectivity index (χ2v) is 8.05. The maximum absolute atomic E-state index is 13.0. The number of nitrogens with one attached hydrogen (secondary N) is 2. The van der Waals surface area contributed by atoms with Crippen molar-refractivity contribution >= 4 is 18.5 Å². The largest absolute Gasteiger partial charge is 0.393 e. The maximum Gasteiger partial charge on any atom is 0.228 e. The summed E-state index contributed by atoms with van der Waals surface area (Å²) in [6.07, 6.45) is 3.06. The van der Waals surface area contributed by atoms with Gasteiger partial charge in [-0.2, -0.15) is 12.6 Å². The van der Waals surface area contributed by atoms with Crippen LogP contribution in [0.15, 0.2) is 30.3 Å². The Balaban J connectivity index is 1.69. The third-order valence-corrected chi connectivity index (χ3v) is 6.60. The van der Waals surface area contributed by atoms with E-state index in [1.54, 1.807) is 0 Å². The zero-order valence-electron chi connectivity index (χ0n) is 14.2. The number of hydrogen-bond acceptors (Lipinski definition) is 4. The lowest BCUT2D eigenvalue weighted by atomic mass is 9.73. The average molecular weight is 349 g/mol. The molecule has 3 rings (SSSR count). The number of rotatable bonds is 3. The van der Waals surface area contributed by atoms with E-state index in [0.29, 0.717) is 6.54 Å². The Morgan fingerprint density at radius 3 is 2.58 bits per heavy atom. The summed E-state index contributed by atoms with van der Waals surface area (Å²) in [5, 5.41) is 16.2. The summed E-state index contributed by atoms with van der Waals surface area (Å²) < 4.78 is 0. The number of aliphatic hydroxyl groups excluding tert-OH is 1. The predicted molar refractivity (Wildman–Crippen MR) is 99.3 cm³/mol. The van der Waals surface area contributed by atoms with Gasteiger partial charge in [-0.25, -0.2) is 0 Å². The summed E-state index contributed by atoms with van der Waals surface area (Å²) in [7, 11) is 0. The lowest BCUT2D eigenvalue weighted by Gasteiger charge is -2.44. The molecule has 1 amide bonds. The van der Waals surface area contributed by atoms with Crippen LogP contribution < -0.4 is 10.6 Å². The summed E-state index contributed by atoms with van der Waals surface area (Å²) in [5.41, 5.74) is 0.683. The topological polar surface area (TPSA) is 61.4 Å². The maximum atomic E-state index is 13.0. The monoisotopic (exact) mass is 348 g/mol. The van der Waals surface area contributed by atoms with Crippen molar-refractivity contribution in [1.29, 1.82) is 0 Å². The number of amides is 1. The van der Waals surface area contributed by atoms with Crippen LogP contribution in [-0.4, -0.2) is 41.5 Å². The van der Waals surface area contributed by atoms with E-state index in [9.17, 15) is 9.90 Å². The Hall–Kier alpha value is -1.04. The molecule has 1 aliphatic heterocycles. The number of carbonyl (C=O) groups excluding carboxylic acids is 1. The molecule has 0 spiro atoms. The molecule has 1 unspecified atom stereocenters. The highest BCUT2D eigenvalue weighted by Gasteiger charge is 2.46. The molecular weight excluding hydrogens is 320 g/mol. The molecule has 5 heteroatoms. The van der Waals surface area contributed by atoms with Gasteiger partial charge in [0.25, 0.3) is 0 Å². The van der Waals surface area contributed by atoms with Gasteiger partial charge >= 0.3 is 0 Å². The van der Waals surface area contributed by atoms with Crippen LogP contribution in [0.2, 0.25) is 0 Å². The molecule has 1 saturated carbocycles. The Bertz CT molecular complexity index is 560. The Labute approximate surface area is 149 Å². The molecule has 2 fully saturated rings. The first-order chi connectivity index (χ1) is 11.5. The molecule has 1 aromatic rings. The van der Waals surface area contributed by atoms with Gasteiger partial charge in [0.05, 0.1) is 11.5 Å². The summed E-state index contributed by atoms with van der Waals surface area (Å²) in [6, 6.07) is 10.5. The van der Waals surface area contributed by atoms with Gasteiger partial charge in [0.15, 0.2) is 0 Å². The van der Waals surface area contributed by atoms with Gasteiger partial charge in [-0.1, -0.05) is 30.3 Å². The van der Waals surface area contributed by atoms with E-state index in [1.807, 2.05) is 25.1 Å². The van der Waals surface area contributed by atoms with Gasteiger partial charge in [0, 0.05) is 30.3 Å². The van der Waals surface area contributed by atoms with E-state index in [1.165, 1.54) is 5.56 Å². The first-order valence-electron chi connectivity index (χ1n) is 8.93. The van der Waals surface area contributed by atoms with Gasteiger partial charge in [-0.3, -0.25) is 4.79 Å². The standard InChI is InChI=1S/C19H28N2O2S/c1-19(18(23)21-14-7-9-15(22)10-8-14)12-20-11-16(17(19)24)13-5-3-2-4-6-13/h2-6,14-17,20,22,24H,7-12H2,1H3,(H,21,23)/t14?,15?,16-,17?,19+/m1/s1. The van der Waals surface area contributed by atoms with Crippen LogP contribution >= 0.6 is 12.6 Å². The van der Waals surface area contributed by atoms with Crippen LogP contribution in [0.4, 0.5) is 0 Å². The molecule has 132 valence electrons. The third kappa shape index (κ3) is 3.63. The Morgan fingerprint density at radius 2 is 1.92 bits per heavy atom. The molecular formula is C19H28N2O2S. The van der Waals surface area contributed by atoms with Crippen molar-refractivity contribution < 1.29 is 9.90 Å². The number of hydrogen-bond donors (Lipinski definition) is 4. The van der Waals surface area contributed by atoms with Gasteiger partial charge in [0.2, 0.25) is 5.91 Å². The number of aliphatic hydroxyl groups is 1. The SMILES string of the molecule is C[C@]1(C(=O)NC2CCC(O)CC2)CNC[C@H](c2ccccc2)C1S. The zero-order valence-corrected chi connectivity index (χ0v) is 15.1. The number of piperidine rings is 1. The lowest BCUT2D eigenvalue weighted by Crippen LogP contribution is -2.59. The quantitative estimate of drug-likeness (QED) is 0.633. The van der Waals surface area contributed by atoms with Gasteiger partial charge in [-0.15, -0.1) is 0 Å². The van der Waals surface area contributed by atoms with Crippen molar-refractivity contribution in [2.45, 2.75) is 55.9 Å². The van der Waals surface area contributed by atoms with E-state index in [0.717, 1.165) is 32.2 Å². The fraction of sp³-hybridized carbons (Fsp3) is 0.632. The Kier molecular flexibility index (Phi) is 5.52. The molecule has 4 nitrogen and oxygen atoms in total. The minimum atomic E-state index is -0.544. The third-order valence-electron chi connectivity index (χ3n) is 5.67. The molecule has 1 saturated heterocycles. The molecule has 1 aromatic carbocycles. The van der Waals surface area contributed by atoms with Crippen molar-refractivity contribution in [2.24, 2.45) is 5.41 Å². The van der Waals surface area contributed by atoms with E-state index in [4.69, 9.17) is 12.6 Å². The van der Waals surface area contributed by atoms with Crippen LogP contribution in [0.25, 0.3) is 0 Å². The van der Waals surface area contributed by atoms with Crippen LogP contribution in [0.5, 0.6) is 0 Å². The molecule has 3 N–H and O–H groups in total. The Morgan fingerprint density at radius 1 is 1.25 bits per heavy atom. The minimum Gasteiger partial charge on any atom is -0.393 e.